The summed E-state index contributed by atoms with van der Waals surface area (Å²) in [7, 11) is 0. The largest absolute Gasteiger partial charge is 0.508 e. The molecular weight excluding hydrogens is 288 g/mol. The van der Waals surface area contributed by atoms with E-state index in [-0.39, 0.29) is 11.8 Å². The zero-order valence-electron chi connectivity index (χ0n) is 12.1. The van der Waals surface area contributed by atoms with Crippen molar-refractivity contribution in [2.75, 3.05) is 6.54 Å². The minimum Gasteiger partial charge on any atom is -0.508 e. The van der Waals surface area contributed by atoms with Gasteiger partial charge in [0.05, 0.1) is 11.7 Å². The minimum absolute atomic E-state index is 0.233. The number of aryl methyl sites for hydroxylation is 1. The molecule has 2 aromatic rings. The molecule has 5 heteroatoms. The summed E-state index contributed by atoms with van der Waals surface area (Å²) in [5, 5.41) is 14.7. The van der Waals surface area contributed by atoms with Crippen molar-refractivity contribution in [3.63, 3.8) is 0 Å². The molecule has 1 N–H and O–H groups in total. The standard InChI is InChI=1S/C16H19ClN2O2/c1-2-13-9-16(21-18-13)14-4-3-7-19(14)10-11-8-12(17)5-6-15(11)20/h5-6,8-9,14,20H,2-4,7,10H2,1H3. The van der Waals surface area contributed by atoms with Crippen LogP contribution in [0.5, 0.6) is 5.75 Å². The average Bonchev–Trinajstić information content (AvgIpc) is 3.11. The topological polar surface area (TPSA) is 49.5 Å². The lowest BCUT2D eigenvalue weighted by atomic mass is 10.1. The SMILES string of the molecule is CCc1cc(C2CCCN2Cc2cc(Cl)ccc2O)on1. The molecule has 2 heterocycles. The Morgan fingerprint density at radius 2 is 2.29 bits per heavy atom. The van der Waals surface area contributed by atoms with Crippen molar-refractivity contribution in [1.82, 2.24) is 10.1 Å². The molecule has 4 nitrogen and oxygen atoms in total. The Morgan fingerprint density at radius 1 is 1.43 bits per heavy atom. The second-order valence-corrected chi connectivity index (χ2v) is 5.91. The Labute approximate surface area is 129 Å². The van der Waals surface area contributed by atoms with E-state index in [0.717, 1.165) is 42.8 Å². The number of aromatic nitrogens is 1. The highest BCUT2D eigenvalue weighted by Gasteiger charge is 2.29. The number of halogens is 1. The Morgan fingerprint density at radius 3 is 3.05 bits per heavy atom. The summed E-state index contributed by atoms with van der Waals surface area (Å²) in [6.45, 7) is 3.72. The fourth-order valence-electron chi connectivity index (χ4n) is 2.89. The van der Waals surface area contributed by atoms with Crippen LogP contribution in [0.25, 0.3) is 0 Å². The van der Waals surface area contributed by atoms with Gasteiger partial charge in [0, 0.05) is 23.2 Å². The molecule has 0 spiro atoms. The quantitative estimate of drug-likeness (QED) is 0.929. The fourth-order valence-corrected chi connectivity index (χ4v) is 3.08. The van der Waals surface area contributed by atoms with Gasteiger partial charge in [0.2, 0.25) is 0 Å². The van der Waals surface area contributed by atoms with Gasteiger partial charge in [-0.2, -0.15) is 0 Å². The molecule has 1 unspecified atom stereocenters. The van der Waals surface area contributed by atoms with Gasteiger partial charge in [-0.05, 0) is 44.0 Å². The number of phenols is 1. The molecule has 1 aromatic heterocycles. The maximum Gasteiger partial charge on any atom is 0.154 e. The molecule has 0 saturated carbocycles. The molecule has 1 aromatic carbocycles. The highest BCUT2D eigenvalue weighted by Crippen LogP contribution is 2.35. The van der Waals surface area contributed by atoms with Gasteiger partial charge in [0.15, 0.2) is 5.76 Å². The second-order valence-electron chi connectivity index (χ2n) is 5.48. The summed E-state index contributed by atoms with van der Waals surface area (Å²) < 4.78 is 5.48. The number of rotatable bonds is 4. The Bertz CT molecular complexity index is 626. The van der Waals surface area contributed by atoms with Gasteiger partial charge >= 0.3 is 0 Å². The summed E-state index contributed by atoms with van der Waals surface area (Å²) in [6.07, 6.45) is 3.05. The highest BCUT2D eigenvalue weighted by molar-refractivity contribution is 6.30. The maximum absolute atomic E-state index is 9.97. The maximum atomic E-state index is 9.97. The van der Waals surface area contributed by atoms with E-state index in [4.69, 9.17) is 16.1 Å². The van der Waals surface area contributed by atoms with Crippen molar-refractivity contribution in [2.45, 2.75) is 38.8 Å². The Balaban J connectivity index is 1.79. The molecule has 3 rings (SSSR count). The molecule has 112 valence electrons. The summed E-state index contributed by atoms with van der Waals surface area (Å²) in [4.78, 5) is 2.31. The van der Waals surface area contributed by atoms with E-state index in [2.05, 4.69) is 17.0 Å². The van der Waals surface area contributed by atoms with Crippen LogP contribution in [0.15, 0.2) is 28.8 Å². The number of likely N-dealkylation sites (tertiary alicyclic amines) is 1. The first kappa shape index (κ1) is 14.4. The monoisotopic (exact) mass is 306 g/mol. The molecule has 1 atom stereocenters. The number of aromatic hydroxyl groups is 1. The normalized spacial score (nSPS) is 19.2. The minimum atomic E-state index is 0.233. The van der Waals surface area contributed by atoms with Crippen LogP contribution in [0.2, 0.25) is 5.02 Å². The van der Waals surface area contributed by atoms with Gasteiger partial charge in [-0.1, -0.05) is 23.7 Å². The molecule has 0 radical (unpaired) electrons. The summed E-state index contributed by atoms with van der Waals surface area (Å²) in [5.41, 5.74) is 1.84. The van der Waals surface area contributed by atoms with Crippen LogP contribution in [-0.4, -0.2) is 21.7 Å². The van der Waals surface area contributed by atoms with Crippen LogP contribution in [0.3, 0.4) is 0 Å². The fraction of sp³-hybridized carbons (Fsp3) is 0.438. The zero-order chi connectivity index (χ0) is 14.8. The van der Waals surface area contributed by atoms with E-state index in [1.165, 1.54) is 0 Å². The first-order valence-corrected chi connectivity index (χ1v) is 7.72. The second kappa shape index (κ2) is 6.08. The zero-order valence-corrected chi connectivity index (χ0v) is 12.8. The number of benzene rings is 1. The van der Waals surface area contributed by atoms with Crippen LogP contribution in [0.1, 0.15) is 42.8 Å². The first-order valence-electron chi connectivity index (χ1n) is 7.34. The summed E-state index contributed by atoms with van der Waals surface area (Å²) >= 11 is 6.02. The average molecular weight is 307 g/mol. The van der Waals surface area contributed by atoms with Gasteiger partial charge in [0.25, 0.3) is 0 Å². The molecule has 0 bridgehead atoms. The molecule has 0 aliphatic carbocycles. The number of phenolic OH excluding ortho intramolecular Hbond substituents is 1. The van der Waals surface area contributed by atoms with Crippen molar-refractivity contribution in [2.24, 2.45) is 0 Å². The molecular formula is C16H19ClN2O2. The van der Waals surface area contributed by atoms with Crippen LogP contribution in [0, 0.1) is 0 Å². The van der Waals surface area contributed by atoms with Gasteiger partial charge in [0.1, 0.15) is 5.75 Å². The van der Waals surface area contributed by atoms with Crippen LogP contribution in [0.4, 0.5) is 0 Å². The highest BCUT2D eigenvalue weighted by atomic mass is 35.5. The van der Waals surface area contributed by atoms with Gasteiger partial charge in [-0.3, -0.25) is 4.90 Å². The van der Waals surface area contributed by atoms with Crippen molar-refractivity contribution in [3.8, 4) is 5.75 Å². The van der Waals surface area contributed by atoms with Crippen LogP contribution < -0.4 is 0 Å². The number of hydrogen-bond acceptors (Lipinski definition) is 4. The first-order chi connectivity index (χ1) is 10.2. The predicted molar refractivity (Wildman–Crippen MR) is 81.4 cm³/mol. The van der Waals surface area contributed by atoms with Crippen LogP contribution >= 0.6 is 11.6 Å². The number of nitrogens with zero attached hydrogens (tertiary/aromatic N) is 2. The van der Waals surface area contributed by atoms with Gasteiger partial charge in [-0.15, -0.1) is 0 Å². The smallest absolute Gasteiger partial charge is 0.154 e. The van der Waals surface area contributed by atoms with Gasteiger partial charge < -0.3 is 9.63 Å². The third kappa shape index (κ3) is 3.06. The molecule has 1 fully saturated rings. The van der Waals surface area contributed by atoms with E-state index < -0.39 is 0 Å². The van der Waals surface area contributed by atoms with Crippen molar-refractivity contribution in [1.29, 1.82) is 0 Å². The van der Waals surface area contributed by atoms with Crippen molar-refractivity contribution >= 4 is 11.6 Å². The van der Waals surface area contributed by atoms with Gasteiger partial charge in [-0.25, -0.2) is 0 Å². The third-order valence-electron chi connectivity index (χ3n) is 4.05. The predicted octanol–water partition coefficient (Wildman–Crippen LogP) is 3.93. The van der Waals surface area contributed by atoms with Crippen molar-refractivity contribution < 1.29 is 9.63 Å². The Kier molecular flexibility index (Phi) is 4.17. The molecule has 0 amide bonds. The molecule has 1 aliphatic heterocycles. The number of hydrogen-bond donors (Lipinski definition) is 1. The molecule has 1 aliphatic rings. The summed E-state index contributed by atoms with van der Waals surface area (Å²) in [5.74, 6) is 1.21. The van der Waals surface area contributed by atoms with E-state index in [1.54, 1.807) is 12.1 Å². The van der Waals surface area contributed by atoms with E-state index in [9.17, 15) is 5.11 Å². The summed E-state index contributed by atoms with van der Waals surface area (Å²) in [6, 6.07) is 7.44. The van der Waals surface area contributed by atoms with Crippen molar-refractivity contribution in [3.05, 3.63) is 46.3 Å². The lowest BCUT2D eigenvalue weighted by Gasteiger charge is -2.22. The van der Waals surface area contributed by atoms with E-state index >= 15 is 0 Å². The lowest BCUT2D eigenvalue weighted by molar-refractivity contribution is 0.204. The lowest BCUT2D eigenvalue weighted by Crippen LogP contribution is -2.22. The van der Waals surface area contributed by atoms with E-state index in [1.807, 2.05) is 12.1 Å². The Hall–Kier alpha value is -1.52. The van der Waals surface area contributed by atoms with Crippen LogP contribution in [-0.2, 0) is 13.0 Å². The molecule has 21 heavy (non-hydrogen) atoms. The molecule has 1 saturated heterocycles. The van der Waals surface area contributed by atoms with E-state index in [0.29, 0.717) is 11.6 Å². The third-order valence-corrected chi connectivity index (χ3v) is 4.28.